The Labute approximate surface area is 192 Å². The molecule has 1 atom stereocenters. The summed E-state index contributed by atoms with van der Waals surface area (Å²) >= 11 is 0. The third-order valence-electron chi connectivity index (χ3n) is 4.63. The number of pyridine rings is 1. The van der Waals surface area contributed by atoms with Gasteiger partial charge in [-0.1, -0.05) is 18.2 Å². The van der Waals surface area contributed by atoms with E-state index in [2.05, 4.69) is 10.3 Å². The van der Waals surface area contributed by atoms with Crippen molar-refractivity contribution in [3.05, 3.63) is 60.2 Å². The molecule has 2 aromatic carbocycles. The summed E-state index contributed by atoms with van der Waals surface area (Å²) in [5.74, 6) is 1.05. The fourth-order valence-electron chi connectivity index (χ4n) is 3.18. The van der Waals surface area contributed by atoms with Crippen LogP contribution in [0.2, 0.25) is 0 Å². The molecule has 0 spiro atoms. The molecule has 0 saturated heterocycles. The zero-order chi connectivity index (χ0) is 24.0. The summed E-state index contributed by atoms with van der Waals surface area (Å²) in [6.07, 6.45) is -0.445. The van der Waals surface area contributed by atoms with Crippen molar-refractivity contribution in [1.29, 1.82) is 0 Å². The molecule has 3 aromatic rings. The van der Waals surface area contributed by atoms with Gasteiger partial charge in [0.1, 0.15) is 11.6 Å². The van der Waals surface area contributed by atoms with Crippen LogP contribution in [0, 0.1) is 0 Å². The first-order chi connectivity index (χ1) is 15.7. The Bertz CT molecular complexity index is 1140. The van der Waals surface area contributed by atoms with E-state index in [0.29, 0.717) is 17.4 Å². The van der Waals surface area contributed by atoms with Crippen molar-refractivity contribution in [2.45, 2.75) is 38.8 Å². The molecule has 1 aromatic heterocycles. The molecule has 0 radical (unpaired) electrons. The first-order valence-electron chi connectivity index (χ1n) is 10.5. The van der Waals surface area contributed by atoms with Crippen LogP contribution in [-0.4, -0.2) is 42.9 Å². The predicted molar refractivity (Wildman–Crippen MR) is 124 cm³/mol. The fourth-order valence-corrected chi connectivity index (χ4v) is 3.18. The maximum Gasteiger partial charge on any atom is 0.408 e. The molecular weight excluding hydrogens is 424 g/mol. The normalized spacial score (nSPS) is 12.0. The predicted octanol–water partition coefficient (Wildman–Crippen LogP) is 4.64. The largest absolute Gasteiger partial charge is 0.493 e. The lowest BCUT2D eigenvalue weighted by atomic mass is 10.0. The van der Waals surface area contributed by atoms with Crippen LogP contribution in [0.3, 0.4) is 0 Å². The van der Waals surface area contributed by atoms with E-state index >= 15 is 0 Å². The van der Waals surface area contributed by atoms with Gasteiger partial charge in [0.05, 0.1) is 19.7 Å². The van der Waals surface area contributed by atoms with E-state index in [4.69, 9.17) is 18.9 Å². The molecule has 0 aliphatic heterocycles. The minimum absolute atomic E-state index is 0.237. The number of rotatable bonds is 7. The number of ether oxygens (including phenoxy) is 4. The number of methoxy groups -OCH3 is 2. The van der Waals surface area contributed by atoms with Gasteiger partial charge in [-0.2, -0.15) is 0 Å². The molecule has 0 saturated carbocycles. The Balaban J connectivity index is 1.77. The smallest absolute Gasteiger partial charge is 0.408 e. The number of nitrogens with zero attached hydrogens (tertiary/aromatic N) is 1. The van der Waals surface area contributed by atoms with E-state index in [1.807, 2.05) is 42.5 Å². The summed E-state index contributed by atoms with van der Waals surface area (Å²) in [5.41, 5.74) is 0.873. The summed E-state index contributed by atoms with van der Waals surface area (Å²) in [6.45, 7) is 5.26. The molecule has 1 unspecified atom stereocenters. The number of aromatic nitrogens is 1. The standard InChI is InChI=1S/C25H28N2O6/c1-25(2,3)33-24(29)27-19(23(28)31-5)15-16-10-12-18-17(14-16)11-13-22(26-18)32-21-9-7-6-8-20(21)30-4/h6-14,19H,15H2,1-5H3,(H,27,29). The zero-order valence-electron chi connectivity index (χ0n) is 19.4. The number of alkyl carbamates (subject to hydrolysis) is 1. The lowest BCUT2D eigenvalue weighted by molar-refractivity contribution is -0.143. The molecule has 1 N–H and O–H groups in total. The molecule has 3 rings (SSSR count). The second-order valence-corrected chi connectivity index (χ2v) is 8.36. The Morgan fingerprint density at radius 2 is 1.73 bits per heavy atom. The maximum absolute atomic E-state index is 12.2. The fraction of sp³-hybridized carbons (Fsp3) is 0.320. The number of amides is 1. The Hall–Kier alpha value is -3.81. The number of hydrogen-bond acceptors (Lipinski definition) is 7. The van der Waals surface area contributed by atoms with Gasteiger partial charge in [-0.15, -0.1) is 0 Å². The van der Waals surface area contributed by atoms with Gasteiger partial charge in [0.15, 0.2) is 11.5 Å². The Morgan fingerprint density at radius 1 is 1.00 bits per heavy atom. The van der Waals surface area contributed by atoms with Crippen LogP contribution in [0.5, 0.6) is 17.4 Å². The molecule has 1 heterocycles. The molecular formula is C25H28N2O6. The molecule has 174 valence electrons. The third-order valence-corrected chi connectivity index (χ3v) is 4.63. The number of para-hydroxylation sites is 2. The van der Waals surface area contributed by atoms with Crippen molar-refractivity contribution in [1.82, 2.24) is 10.3 Å². The van der Waals surface area contributed by atoms with Crippen molar-refractivity contribution in [2.24, 2.45) is 0 Å². The van der Waals surface area contributed by atoms with Crippen molar-refractivity contribution >= 4 is 23.0 Å². The summed E-state index contributed by atoms with van der Waals surface area (Å²) < 4.78 is 21.3. The van der Waals surface area contributed by atoms with E-state index in [9.17, 15) is 9.59 Å². The molecule has 0 aliphatic rings. The van der Waals surface area contributed by atoms with Crippen molar-refractivity contribution in [3.63, 3.8) is 0 Å². The Morgan fingerprint density at radius 3 is 2.39 bits per heavy atom. The van der Waals surface area contributed by atoms with E-state index in [1.54, 1.807) is 40.0 Å². The van der Waals surface area contributed by atoms with E-state index in [-0.39, 0.29) is 6.42 Å². The second-order valence-electron chi connectivity index (χ2n) is 8.36. The van der Waals surface area contributed by atoms with E-state index < -0.39 is 23.7 Å². The van der Waals surface area contributed by atoms with E-state index in [1.165, 1.54) is 7.11 Å². The number of fused-ring (bicyclic) bond motifs is 1. The minimum atomic E-state index is -0.886. The van der Waals surface area contributed by atoms with Crippen LogP contribution in [0.1, 0.15) is 26.3 Å². The topological polar surface area (TPSA) is 96.0 Å². The van der Waals surface area contributed by atoms with Gasteiger partial charge in [0.25, 0.3) is 0 Å². The molecule has 0 fully saturated rings. The van der Waals surface area contributed by atoms with Crippen LogP contribution in [0.4, 0.5) is 4.79 Å². The number of benzene rings is 2. The highest BCUT2D eigenvalue weighted by Gasteiger charge is 2.25. The molecule has 33 heavy (non-hydrogen) atoms. The van der Waals surface area contributed by atoms with Crippen molar-refractivity contribution in [3.8, 4) is 17.4 Å². The Kier molecular flexibility index (Phi) is 7.37. The van der Waals surface area contributed by atoms with Gasteiger partial charge in [-0.25, -0.2) is 14.6 Å². The number of carbonyl (C=O) groups excluding carboxylic acids is 2. The van der Waals surface area contributed by atoms with Crippen LogP contribution in [0.15, 0.2) is 54.6 Å². The van der Waals surface area contributed by atoms with Gasteiger partial charge in [0.2, 0.25) is 5.88 Å². The van der Waals surface area contributed by atoms with Crippen LogP contribution in [-0.2, 0) is 20.7 Å². The van der Waals surface area contributed by atoms with Crippen molar-refractivity contribution < 1.29 is 28.5 Å². The number of nitrogens with one attached hydrogen (secondary N) is 1. The molecule has 0 aliphatic carbocycles. The van der Waals surface area contributed by atoms with Crippen LogP contribution >= 0.6 is 0 Å². The average Bonchev–Trinajstić information content (AvgIpc) is 2.77. The summed E-state index contributed by atoms with van der Waals surface area (Å²) in [4.78, 5) is 28.9. The highest BCUT2D eigenvalue weighted by Crippen LogP contribution is 2.31. The first-order valence-corrected chi connectivity index (χ1v) is 10.5. The molecule has 8 heteroatoms. The van der Waals surface area contributed by atoms with Gasteiger partial charge < -0.3 is 24.3 Å². The highest BCUT2D eigenvalue weighted by molar-refractivity contribution is 5.83. The molecule has 0 bridgehead atoms. The average molecular weight is 453 g/mol. The third kappa shape index (κ3) is 6.58. The second kappa shape index (κ2) is 10.2. The number of hydrogen-bond donors (Lipinski definition) is 1. The van der Waals surface area contributed by atoms with Crippen molar-refractivity contribution in [2.75, 3.05) is 14.2 Å². The molecule has 8 nitrogen and oxygen atoms in total. The summed E-state index contributed by atoms with van der Waals surface area (Å²) in [5, 5.41) is 3.45. The monoisotopic (exact) mass is 452 g/mol. The lowest BCUT2D eigenvalue weighted by Crippen LogP contribution is -2.45. The first kappa shape index (κ1) is 23.8. The van der Waals surface area contributed by atoms with Crippen LogP contribution < -0.4 is 14.8 Å². The zero-order valence-corrected chi connectivity index (χ0v) is 19.4. The van der Waals surface area contributed by atoms with Gasteiger partial charge in [-0.3, -0.25) is 0 Å². The van der Waals surface area contributed by atoms with Gasteiger partial charge >= 0.3 is 12.1 Å². The highest BCUT2D eigenvalue weighted by atomic mass is 16.6. The summed E-state index contributed by atoms with van der Waals surface area (Å²) in [6, 6.07) is 15.7. The number of esters is 1. The minimum Gasteiger partial charge on any atom is -0.493 e. The van der Waals surface area contributed by atoms with E-state index in [0.717, 1.165) is 16.5 Å². The molecule has 1 amide bonds. The van der Waals surface area contributed by atoms with Crippen LogP contribution in [0.25, 0.3) is 10.9 Å². The van der Waals surface area contributed by atoms with Gasteiger partial charge in [0, 0.05) is 17.9 Å². The van der Waals surface area contributed by atoms with Gasteiger partial charge in [-0.05, 0) is 56.7 Å². The SMILES string of the molecule is COC(=O)C(Cc1ccc2nc(Oc3ccccc3OC)ccc2c1)NC(=O)OC(C)(C)C. The number of carbonyl (C=O) groups is 2. The lowest BCUT2D eigenvalue weighted by Gasteiger charge is -2.22. The quantitative estimate of drug-likeness (QED) is 0.522. The summed E-state index contributed by atoms with van der Waals surface area (Å²) in [7, 11) is 2.86. The maximum atomic E-state index is 12.2.